The van der Waals surface area contributed by atoms with E-state index in [9.17, 15) is 4.79 Å². The molecule has 5 heteroatoms. The van der Waals surface area contributed by atoms with Crippen LogP contribution >= 0.6 is 22.9 Å². The fourth-order valence-electron chi connectivity index (χ4n) is 2.15. The van der Waals surface area contributed by atoms with Crippen LogP contribution in [-0.4, -0.2) is 16.1 Å². The van der Waals surface area contributed by atoms with Crippen LogP contribution in [0.1, 0.15) is 16.1 Å². The quantitative estimate of drug-likeness (QED) is 0.785. The summed E-state index contributed by atoms with van der Waals surface area (Å²) in [6, 6.07) is 13.3. The van der Waals surface area contributed by atoms with Gasteiger partial charge < -0.3 is 5.11 Å². The highest BCUT2D eigenvalue weighted by atomic mass is 35.5. The summed E-state index contributed by atoms with van der Waals surface area (Å²) in [6.07, 6.45) is 0.797. The lowest BCUT2D eigenvalue weighted by molar-refractivity contribution is -0.136. The van der Waals surface area contributed by atoms with Gasteiger partial charge in [0.15, 0.2) is 0 Å². The zero-order valence-corrected chi connectivity index (χ0v) is 12.6. The fourth-order valence-corrected chi connectivity index (χ4v) is 3.35. The number of nitrogens with zero attached hydrogens (tertiary/aromatic N) is 1. The highest BCUT2D eigenvalue weighted by molar-refractivity contribution is 7.18. The van der Waals surface area contributed by atoms with Gasteiger partial charge in [0.05, 0.1) is 21.6 Å². The number of halogens is 1. The number of carboxylic acids is 1. The second-order valence-electron chi connectivity index (χ2n) is 4.78. The highest BCUT2D eigenvalue weighted by Gasteiger charge is 2.07. The van der Waals surface area contributed by atoms with Gasteiger partial charge in [0.1, 0.15) is 0 Å². The molecule has 1 aromatic heterocycles. The van der Waals surface area contributed by atoms with Crippen molar-refractivity contribution in [2.24, 2.45) is 0 Å². The molecule has 0 aliphatic rings. The van der Waals surface area contributed by atoms with Gasteiger partial charge in [0, 0.05) is 11.4 Å². The molecular weight excluding hydrogens is 306 g/mol. The van der Waals surface area contributed by atoms with E-state index in [0.29, 0.717) is 0 Å². The van der Waals surface area contributed by atoms with Crippen molar-refractivity contribution in [2.75, 3.05) is 0 Å². The highest BCUT2D eigenvalue weighted by Crippen LogP contribution is 2.25. The number of fused-ring (bicyclic) bond motifs is 1. The van der Waals surface area contributed by atoms with E-state index in [-0.39, 0.29) is 6.42 Å². The number of thiazole rings is 1. The maximum Gasteiger partial charge on any atom is 0.307 e. The van der Waals surface area contributed by atoms with Crippen LogP contribution in [0.15, 0.2) is 42.5 Å². The summed E-state index contributed by atoms with van der Waals surface area (Å²) in [7, 11) is 0. The molecule has 0 saturated carbocycles. The molecule has 3 rings (SSSR count). The Labute approximate surface area is 130 Å². The lowest BCUT2D eigenvalue weighted by Gasteiger charge is -1.97. The number of aliphatic carboxylic acids is 1. The van der Waals surface area contributed by atoms with Crippen molar-refractivity contribution in [1.82, 2.24) is 4.98 Å². The molecule has 0 aliphatic carbocycles. The van der Waals surface area contributed by atoms with Gasteiger partial charge in [-0.3, -0.25) is 4.79 Å². The first kappa shape index (κ1) is 14.0. The number of aromatic nitrogens is 1. The van der Waals surface area contributed by atoms with Gasteiger partial charge in [-0.05, 0) is 35.4 Å². The third-order valence-electron chi connectivity index (χ3n) is 3.12. The van der Waals surface area contributed by atoms with Crippen molar-refractivity contribution in [3.8, 4) is 0 Å². The predicted molar refractivity (Wildman–Crippen MR) is 85.2 cm³/mol. The predicted octanol–water partition coefficient (Wildman–Crippen LogP) is 4.17. The van der Waals surface area contributed by atoms with Gasteiger partial charge in [-0.2, -0.15) is 0 Å². The summed E-state index contributed by atoms with van der Waals surface area (Å²) < 4.78 is 1.03. The molecule has 106 valence electrons. The number of hydrogen-bond donors (Lipinski definition) is 1. The van der Waals surface area contributed by atoms with Crippen LogP contribution in [0.2, 0.25) is 5.02 Å². The molecule has 0 spiro atoms. The fraction of sp³-hybridized carbons (Fsp3) is 0.125. The van der Waals surface area contributed by atoms with E-state index in [2.05, 4.69) is 4.98 Å². The van der Waals surface area contributed by atoms with Crippen molar-refractivity contribution in [2.45, 2.75) is 12.8 Å². The number of carbonyl (C=O) groups is 1. The van der Waals surface area contributed by atoms with Gasteiger partial charge in [-0.25, -0.2) is 4.98 Å². The first-order valence-corrected chi connectivity index (χ1v) is 7.64. The standard InChI is InChI=1S/C16H12ClNO2S/c17-12-4-1-10(2-5-12)8-15-18-13-6-3-11(9-16(19)20)7-14(13)21-15/h1-7H,8-9H2,(H,19,20). The topological polar surface area (TPSA) is 50.2 Å². The minimum Gasteiger partial charge on any atom is -0.481 e. The molecule has 3 nitrogen and oxygen atoms in total. The third kappa shape index (κ3) is 3.40. The van der Waals surface area contributed by atoms with Crippen LogP contribution in [0.4, 0.5) is 0 Å². The van der Waals surface area contributed by atoms with Crippen LogP contribution in [0.5, 0.6) is 0 Å². The van der Waals surface area contributed by atoms with Crippen molar-refractivity contribution in [1.29, 1.82) is 0 Å². The van der Waals surface area contributed by atoms with E-state index in [1.807, 2.05) is 42.5 Å². The van der Waals surface area contributed by atoms with Gasteiger partial charge in [0.2, 0.25) is 0 Å². The summed E-state index contributed by atoms with van der Waals surface area (Å²) >= 11 is 7.48. The average Bonchev–Trinajstić information content (AvgIpc) is 2.82. The number of rotatable bonds is 4. The maximum absolute atomic E-state index is 10.8. The second kappa shape index (κ2) is 5.84. The van der Waals surface area contributed by atoms with E-state index in [1.54, 1.807) is 11.3 Å². The van der Waals surface area contributed by atoms with Crippen LogP contribution < -0.4 is 0 Å². The van der Waals surface area contributed by atoms with Crippen LogP contribution in [-0.2, 0) is 17.6 Å². The Bertz CT molecular complexity index is 796. The average molecular weight is 318 g/mol. The lowest BCUT2D eigenvalue weighted by atomic mass is 10.1. The Hall–Kier alpha value is -1.91. The third-order valence-corrected chi connectivity index (χ3v) is 4.39. The maximum atomic E-state index is 10.8. The van der Waals surface area contributed by atoms with Crippen molar-refractivity contribution < 1.29 is 9.90 Å². The van der Waals surface area contributed by atoms with E-state index in [1.165, 1.54) is 0 Å². The molecular formula is C16H12ClNO2S. The molecule has 3 aromatic rings. The summed E-state index contributed by atoms with van der Waals surface area (Å²) in [4.78, 5) is 15.3. The molecule has 0 radical (unpaired) electrons. The molecule has 0 bridgehead atoms. The summed E-state index contributed by atoms with van der Waals surface area (Å²) in [5.74, 6) is -0.819. The summed E-state index contributed by atoms with van der Waals surface area (Å²) in [5.41, 5.74) is 2.87. The normalized spacial score (nSPS) is 10.9. The first-order valence-electron chi connectivity index (χ1n) is 6.45. The monoisotopic (exact) mass is 317 g/mol. The Morgan fingerprint density at radius 3 is 2.57 bits per heavy atom. The van der Waals surface area contributed by atoms with E-state index in [0.717, 1.165) is 37.8 Å². The molecule has 0 amide bonds. The molecule has 2 aromatic carbocycles. The minimum atomic E-state index is -0.819. The van der Waals surface area contributed by atoms with Crippen molar-refractivity contribution >= 4 is 39.1 Å². The van der Waals surface area contributed by atoms with Crippen LogP contribution in [0, 0.1) is 0 Å². The largest absolute Gasteiger partial charge is 0.481 e. The number of hydrogen-bond acceptors (Lipinski definition) is 3. The van der Waals surface area contributed by atoms with E-state index in [4.69, 9.17) is 16.7 Å². The molecule has 0 fully saturated rings. The first-order chi connectivity index (χ1) is 10.1. The molecule has 1 N–H and O–H groups in total. The van der Waals surface area contributed by atoms with Crippen molar-refractivity contribution in [3.05, 3.63) is 63.6 Å². The Kier molecular flexibility index (Phi) is 3.90. The number of carboxylic acid groups (broad SMARTS) is 1. The molecule has 0 aliphatic heterocycles. The molecule has 21 heavy (non-hydrogen) atoms. The summed E-state index contributed by atoms with van der Waals surface area (Å²) in [5, 5.41) is 10.6. The minimum absolute atomic E-state index is 0.0420. The molecule has 0 atom stereocenters. The lowest BCUT2D eigenvalue weighted by Crippen LogP contribution is -1.99. The van der Waals surface area contributed by atoms with E-state index >= 15 is 0 Å². The molecule has 1 heterocycles. The van der Waals surface area contributed by atoms with Crippen LogP contribution in [0.25, 0.3) is 10.2 Å². The molecule has 0 saturated heterocycles. The number of benzene rings is 2. The Balaban J connectivity index is 1.86. The van der Waals surface area contributed by atoms with Crippen molar-refractivity contribution in [3.63, 3.8) is 0 Å². The Morgan fingerprint density at radius 2 is 1.86 bits per heavy atom. The van der Waals surface area contributed by atoms with Crippen LogP contribution in [0.3, 0.4) is 0 Å². The van der Waals surface area contributed by atoms with Gasteiger partial charge in [0.25, 0.3) is 0 Å². The smallest absolute Gasteiger partial charge is 0.307 e. The van der Waals surface area contributed by atoms with Gasteiger partial charge in [-0.1, -0.05) is 29.8 Å². The summed E-state index contributed by atoms with van der Waals surface area (Å²) in [6.45, 7) is 0. The van der Waals surface area contributed by atoms with Gasteiger partial charge in [-0.15, -0.1) is 11.3 Å². The van der Waals surface area contributed by atoms with Gasteiger partial charge >= 0.3 is 5.97 Å². The SMILES string of the molecule is O=C(O)Cc1ccc2nc(Cc3ccc(Cl)cc3)sc2c1. The van der Waals surface area contributed by atoms with E-state index < -0.39 is 5.97 Å². The zero-order chi connectivity index (χ0) is 14.8. The molecule has 0 unspecified atom stereocenters. The Morgan fingerprint density at radius 1 is 1.14 bits per heavy atom. The second-order valence-corrected chi connectivity index (χ2v) is 6.34. The zero-order valence-electron chi connectivity index (χ0n) is 11.0.